The summed E-state index contributed by atoms with van der Waals surface area (Å²) < 4.78 is 40.5. The highest BCUT2D eigenvalue weighted by Crippen LogP contribution is 2.35. The first-order valence-corrected chi connectivity index (χ1v) is 9.85. The Kier molecular flexibility index (Phi) is 6.01. The minimum Gasteiger partial charge on any atom is -0.481 e. The van der Waals surface area contributed by atoms with Crippen molar-refractivity contribution in [3.63, 3.8) is 0 Å². The van der Waals surface area contributed by atoms with Gasteiger partial charge in [-0.05, 0) is 12.1 Å². The number of hydrogen-bond donors (Lipinski definition) is 0. The highest BCUT2D eigenvalue weighted by Gasteiger charge is 2.43. The average molecular weight is 435 g/mol. The van der Waals surface area contributed by atoms with E-state index in [2.05, 4.69) is 19.9 Å². The molecule has 0 aliphatic carbocycles. The van der Waals surface area contributed by atoms with Crippen molar-refractivity contribution in [1.82, 2.24) is 19.9 Å². The fourth-order valence-corrected chi connectivity index (χ4v) is 4.05. The number of nitrogens with zero attached hydrogens (tertiary/aromatic N) is 5. The van der Waals surface area contributed by atoms with Gasteiger partial charge in [0.05, 0.1) is 20.3 Å². The number of fused-ring (bicyclic) bond motifs is 1. The molecule has 2 fully saturated rings. The topological polar surface area (TPSA) is 89.9 Å². The summed E-state index contributed by atoms with van der Waals surface area (Å²) in [6, 6.07) is 4.75. The molecule has 11 heteroatoms. The van der Waals surface area contributed by atoms with Gasteiger partial charge in [-0.2, -0.15) is 9.97 Å². The predicted molar refractivity (Wildman–Crippen MR) is 106 cm³/mol. The van der Waals surface area contributed by atoms with E-state index in [1.165, 1.54) is 20.4 Å². The van der Waals surface area contributed by atoms with E-state index in [1.54, 1.807) is 23.1 Å². The minimum atomic E-state index is -2.64. The Balaban J connectivity index is 1.43. The van der Waals surface area contributed by atoms with Gasteiger partial charge >= 0.3 is 0 Å². The number of rotatable bonds is 7. The van der Waals surface area contributed by atoms with E-state index in [0.29, 0.717) is 43.9 Å². The van der Waals surface area contributed by atoms with Crippen LogP contribution >= 0.6 is 0 Å². The van der Waals surface area contributed by atoms with Crippen LogP contribution in [0.25, 0.3) is 0 Å². The molecule has 0 spiro atoms. The van der Waals surface area contributed by atoms with E-state index in [1.807, 2.05) is 0 Å². The van der Waals surface area contributed by atoms with Crippen molar-refractivity contribution < 1.29 is 27.8 Å². The Morgan fingerprint density at radius 1 is 1.13 bits per heavy atom. The van der Waals surface area contributed by atoms with Gasteiger partial charge in [0.25, 0.3) is 12.3 Å². The first-order valence-electron chi connectivity index (χ1n) is 9.85. The van der Waals surface area contributed by atoms with Gasteiger partial charge in [0, 0.05) is 44.2 Å². The lowest BCUT2D eigenvalue weighted by atomic mass is 10.0. The Bertz CT molecular complexity index is 911. The van der Waals surface area contributed by atoms with Gasteiger partial charge < -0.3 is 24.0 Å². The number of carbonyl (C=O) groups is 1. The summed E-state index contributed by atoms with van der Waals surface area (Å²) in [4.78, 5) is 29.6. The Morgan fingerprint density at radius 3 is 2.35 bits per heavy atom. The van der Waals surface area contributed by atoms with E-state index in [9.17, 15) is 13.6 Å². The quantitative estimate of drug-likeness (QED) is 0.650. The van der Waals surface area contributed by atoms with Crippen LogP contribution in [0.15, 0.2) is 24.4 Å². The second kappa shape index (κ2) is 8.86. The van der Waals surface area contributed by atoms with Crippen molar-refractivity contribution >= 4 is 11.9 Å². The monoisotopic (exact) mass is 435 g/mol. The van der Waals surface area contributed by atoms with Crippen LogP contribution in [0.4, 0.5) is 14.7 Å². The number of ether oxygens (including phenoxy) is 3. The Labute approximate surface area is 178 Å². The number of carbonyl (C=O) groups excluding carboxylic acids is 1. The molecule has 0 bridgehead atoms. The molecule has 1 amide bonds. The van der Waals surface area contributed by atoms with Crippen molar-refractivity contribution in [3.05, 3.63) is 30.0 Å². The molecule has 0 radical (unpaired) electrons. The second-order valence-corrected chi connectivity index (χ2v) is 7.45. The van der Waals surface area contributed by atoms with Crippen LogP contribution in [0.2, 0.25) is 0 Å². The molecular formula is C20H23F2N5O4. The van der Waals surface area contributed by atoms with E-state index >= 15 is 0 Å². The molecule has 2 aliphatic rings. The molecule has 0 saturated carbocycles. The molecule has 166 valence electrons. The van der Waals surface area contributed by atoms with Gasteiger partial charge in [-0.3, -0.25) is 4.79 Å². The largest absolute Gasteiger partial charge is 0.481 e. The number of likely N-dealkylation sites (tertiary alicyclic amines) is 1. The zero-order valence-electron chi connectivity index (χ0n) is 17.2. The molecule has 31 heavy (non-hydrogen) atoms. The van der Waals surface area contributed by atoms with Gasteiger partial charge in [0.2, 0.25) is 23.6 Å². The highest BCUT2D eigenvalue weighted by molar-refractivity contribution is 5.96. The summed E-state index contributed by atoms with van der Waals surface area (Å²) in [5.41, 5.74) is 0.195. The number of alkyl halides is 2. The maximum atomic E-state index is 13.0. The lowest BCUT2D eigenvalue weighted by Crippen LogP contribution is -2.34. The normalized spacial score (nSPS) is 20.2. The molecule has 2 saturated heterocycles. The zero-order valence-corrected chi connectivity index (χ0v) is 17.2. The Morgan fingerprint density at radius 2 is 1.77 bits per heavy atom. The molecule has 2 aliphatic heterocycles. The van der Waals surface area contributed by atoms with Crippen LogP contribution in [0.5, 0.6) is 17.6 Å². The SMILES string of the molecule is COc1cc(OC)nc(N2CC3CN(C(=O)c4cccnc4OCC(F)F)CC3C2)n1. The summed E-state index contributed by atoms with van der Waals surface area (Å²) in [5.74, 6) is 1.52. The summed E-state index contributed by atoms with van der Waals surface area (Å²) in [6.45, 7) is 1.66. The van der Waals surface area contributed by atoms with Gasteiger partial charge in [0.15, 0.2) is 6.61 Å². The summed E-state index contributed by atoms with van der Waals surface area (Å²) >= 11 is 0. The minimum absolute atomic E-state index is 0.0663. The molecule has 4 rings (SSSR count). The fourth-order valence-electron chi connectivity index (χ4n) is 4.05. The van der Waals surface area contributed by atoms with E-state index in [4.69, 9.17) is 14.2 Å². The van der Waals surface area contributed by atoms with E-state index < -0.39 is 13.0 Å². The molecule has 4 heterocycles. The summed E-state index contributed by atoms with van der Waals surface area (Å²) in [7, 11) is 3.07. The van der Waals surface area contributed by atoms with Crippen molar-refractivity contribution in [2.45, 2.75) is 6.43 Å². The van der Waals surface area contributed by atoms with Crippen molar-refractivity contribution in [2.24, 2.45) is 11.8 Å². The van der Waals surface area contributed by atoms with Crippen LogP contribution in [-0.2, 0) is 0 Å². The predicted octanol–water partition coefficient (Wildman–Crippen LogP) is 1.74. The molecule has 2 aromatic heterocycles. The van der Waals surface area contributed by atoms with E-state index in [0.717, 1.165) is 0 Å². The average Bonchev–Trinajstić information content (AvgIpc) is 3.36. The smallest absolute Gasteiger partial charge is 0.272 e. The standard InChI is InChI=1S/C20H23F2N5O4/c1-29-16-6-17(30-2)25-20(24-16)27-9-12-7-26(8-13(12)10-27)19(28)14-4-3-5-23-18(14)31-11-15(21)22/h3-6,12-13,15H,7-11H2,1-2H3. The number of aromatic nitrogens is 3. The highest BCUT2D eigenvalue weighted by atomic mass is 19.3. The molecule has 2 aromatic rings. The number of anilines is 1. The maximum Gasteiger partial charge on any atom is 0.272 e. The van der Waals surface area contributed by atoms with Crippen LogP contribution in [0.3, 0.4) is 0 Å². The lowest BCUT2D eigenvalue weighted by molar-refractivity contribution is 0.0718. The zero-order chi connectivity index (χ0) is 22.0. The van der Waals surface area contributed by atoms with Crippen LogP contribution in [-0.4, -0.2) is 79.2 Å². The molecule has 0 N–H and O–H groups in total. The van der Waals surface area contributed by atoms with Crippen LogP contribution < -0.4 is 19.1 Å². The van der Waals surface area contributed by atoms with Crippen molar-refractivity contribution in [1.29, 1.82) is 0 Å². The van der Waals surface area contributed by atoms with Crippen LogP contribution in [0, 0.1) is 11.8 Å². The van der Waals surface area contributed by atoms with Crippen LogP contribution in [0.1, 0.15) is 10.4 Å². The number of hydrogen-bond acceptors (Lipinski definition) is 8. The molecule has 0 aromatic carbocycles. The van der Waals surface area contributed by atoms with Crippen molar-refractivity contribution in [3.8, 4) is 17.6 Å². The third kappa shape index (κ3) is 4.44. The lowest BCUT2D eigenvalue weighted by Gasteiger charge is -2.22. The number of methoxy groups -OCH3 is 2. The van der Waals surface area contributed by atoms with E-state index in [-0.39, 0.29) is 29.2 Å². The Hall–Kier alpha value is -3.24. The molecule has 9 nitrogen and oxygen atoms in total. The number of pyridine rings is 1. The van der Waals surface area contributed by atoms with Gasteiger partial charge in [-0.1, -0.05) is 0 Å². The summed E-state index contributed by atoms with van der Waals surface area (Å²) in [5, 5.41) is 0. The van der Waals surface area contributed by atoms with Gasteiger partial charge in [-0.25, -0.2) is 13.8 Å². The number of amides is 1. The molecule has 2 unspecified atom stereocenters. The van der Waals surface area contributed by atoms with Crippen molar-refractivity contribution in [2.75, 3.05) is 51.9 Å². The summed E-state index contributed by atoms with van der Waals surface area (Å²) in [6.07, 6.45) is -1.23. The number of halogens is 2. The maximum absolute atomic E-state index is 13.0. The first-order chi connectivity index (χ1) is 15.0. The first kappa shape index (κ1) is 21.0. The fraction of sp³-hybridized carbons (Fsp3) is 0.500. The van der Waals surface area contributed by atoms with Gasteiger partial charge in [-0.15, -0.1) is 0 Å². The third-order valence-electron chi connectivity index (χ3n) is 5.49. The molecule has 2 atom stereocenters. The second-order valence-electron chi connectivity index (χ2n) is 7.45. The third-order valence-corrected chi connectivity index (χ3v) is 5.49. The van der Waals surface area contributed by atoms with Gasteiger partial charge in [0.1, 0.15) is 5.56 Å². The molecular weight excluding hydrogens is 412 g/mol.